The maximum absolute atomic E-state index is 13.0. The van der Waals surface area contributed by atoms with Gasteiger partial charge in [0.05, 0.1) is 16.3 Å². The van der Waals surface area contributed by atoms with Crippen molar-refractivity contribution in [3.63, 3.8) is 0 Å². The molecule has 1 fully saturated rings. The van der Waals surface area contributed by atoms with Gasteiger partial charge in [0.15, 0.2) is 5.11 Å². The second kappa shape index (κ2) is 8.82. The van der Waals surface area contributed by atoms with Crippen molar-refractivity contribution in [2.45, 2.75) is 38.0 Å². The summed E-state index contributed by atoms with van der Waals surface area (Å²) in [6.45, 7) is 6.99. The molecule has 0 saturated carbocycles. The zero-order valence-electron chi connectivity index (χ0n) is 15.2. The standard InChI is InChI=1S/C17H28N4O2S2/c1-4-20(5-2)16-10-9-14(13-15(16)19-17(24)18-3)25(22,23)21-11-7-6-8-12-21/h9-10,13H,4-8,11-12H2,1-3H3,(H2,18,19,24). The number of thiocarbonyl (C=S) groups is 1. The summed E-state index contributed by atoms with van der Waals surface area (Å²) in [5.74, 6) is 0. The predicted octanol–water partition coefficient (Wildman–Crippen LogP) is 2.62. The van der Waals surface area contributed by atoms with Gasteiger partial charge in [0.2, 0.25) is 10.0 Å². The average molecular weight is 385 g/mol. The van der Waals surface area contributed by atoms with Gasteiger partial charge < -0.3 is 15.5 Å². The van der Waals surface area contributed by atoms with Crippen molar-refractivity contribution < 1.29 is 8.42 Å². The number of hydrogen-bond donors (Lipinski definition) is 2. The van der Waals surface area contributed by atoms with Crippen LogP contribution in [0.25, 0.3) is 0 Å². The maximum Gasteiger partial charge on any atom is 0.243 e. The Labute approximate surface area is 156 Å². The second-order valence-corrected chi connectivity index (χ2v) is 8.37. The fourth-order valence-corrected chi connectivity index (χ4v) is 4.71. The lowest BCUT2D eigenvalue weighted by Gasteiger charge is -2.28. The van der Waals surface area contributed by atoms with Gasteiger partial charge in [-0.25, -0.2) is 8.42 Å². The largest absolute Gasteiger partial charge is 0.370 e. The molecule has 0 aliphatic carbocycles. The van der Waals surface area contributed by atoms with E-state index in [9.17, 15) is 8.42 Å². The Kier molecular flexibility index (Phi) is 7.04. The van der Waals surface area contributed by atoms with Gasteiger partial charge >= 0.3 is 0 Å². The van der Waals surface area contributed by atoms with Gasteiger partial charge in [0.25, 0.3) is 0 Å². The Bertz CT molecular complexity index is 697. The van der Waals surface area contributed by atoms with E-state index in [2.05, 4.69) is 29.4 Å². The highest BCUT2D eigenvalue weighted by Crippen LogP contribution is 2.31. The van der Waals surface area contributed by atoms with E-state index < -0.39 is 10.0 Å². The van der Waals surface area contributed by atoms with Crippen LogP contribution in [-0.2, 0) is 10.0 Å². The van der Waals surface area contributed by atoms with E-state index in [1.807, 2.05) is 6.07 Å². The molecule has 1 aromatic rings. The van der Waals surface area contributed by atoms with Crippen molar-refractivity contribution in [2.24, 2.45) is 0 Å². The van der Waals surface area contributed by atoms with E-state index >= 15 is 0 Å². The van der Waals surface area contributed by atoms with Crippen LogP contribution in [0, 0.1) is 0 Å². The molecule has 1 aliphatic heterocycles. The number of benzene rings is 1. The number of sulfonamides is 1. The fourth-order valence-electron chi connectivity index (χ4n) is 3.05. The van der Waals surface area contributed by atoms with Gasteiger partial charge in [-0.3, -0.25) is 0 Å². The van der Waals surface area contributed by atoms with Crippen LogP contribution in [0.2, 0.25) is 0 Å². The van der Waals surface area contributed by atoms with Crippen LogP contribution in [0.4, 0.5) is 11.4 Å². The SMILES string of the molecule is CCN(CC)c1ccc(S(=O)(=O)N2CCCCC2)cc1NC(=S)NC. The number of anilines is 2. The molecule has 8 heteroatoms. The number of rotatable bonds is 6. The van der Waals surface area contributed by atoms with Crippen molar-refractivity contribution >= 4 is 38.7 Å². The monoisotopic (exact) mass is 384 g/mol. The molecule has 1 heterocycles. The molecule has 2 N–H and O–H groups in total. The molecule has 25 heavy (non-hydrogen) atoms. The minimum atomic E-state index is -3.47. The van der Waals surface area contributed by atoms with E-state index in [-0.39, 0.29) is 0 Å². The summed E-state index contributed by atoms with van der Waals surface area (Å²) >= 11 is 5.22. The third-order valence-electron chi connectivity index (χ3n) is 4.50. The summed E-state index contributed by atoms with van der Waals surface area (Å²) < 4.78 is 27.5. The first-order valence-corrected chi connectivity index (χ1v) is 10.7. The van der Waals surface area contributed by atoms with Crippen LogP contribution in [0.15, 0.2) is 23.1 Å². The molecule has 0 bridgehead atoms. The topological polar surface area (TPSA) is 64.7 Å². The second-order valence-electron chi connectivity index (χ2n) is 6.02. The van der Waals surface area contributed by atoms with Crippen LogP contribution < -0.4 is 15.5 Å². The molecule has 0 atom stereocenters. The lowest BCUT2D eigenvalue weighted by atomic mass is 10.2. The average Bonchev–Trinajstić information content (AvgIpc) is 2.64. The first-order valence-electron chi connectivity index (χ1n) is 8.81. The van der Waals surface area contributed by atoms with Gasteiger partial charge in [-0.05, 0) is 57.1 Å². The molecule has 0 spiro atoms. The zero-order valence-corrected chi connectivity index (χ0v) is 16.8. The Balaban J connectivity index is 2.42. The molecule has 140 valence electrons. The van der Waals surface area contributed by atoms with E-state index in [1.165, 1.54) is 0 Å². The molecule has 1 aliphatic rings. The number of nitrogens with zero attached hydrogens (tertiary/aromatic N) is 2. The minimum Gasteiger partial charge on any atom is -0.370 e. The number of nitrogens with one attached hydrogen (secondary N) is 2. The lowest BCUT2D eigenvalue weighted by molar-refractivity contribution is 0.346. The summed E-state index contributed by atoms with van der Waals surface area (Å²) in [6.07, 6.45) is 2.94. The van der Waals surface area contributed by atoms with Gasteiger partial charge in [-0.2, -0.15) is 4.31 Å². The molecular weight excluding hydrogens is 356 g/mol. The fraction of sp³-hybridized carbons (Fsp3) is 0.588. The van der Waals surface area contributed by atoms with E-state index in [1.54, 1.807) is 23.5 Å². The normalized spacial score (nSPS) is 15.6. The Morgan fingerprint density at radius 3 is 2.40 bits per heavy atom. The van der Waals surface area contributed by atoms with Gasteiger partial charge in [-0.1, -0.05) is 6.42 Å². The predicted molar refractivity (Wildman–Crippen MR) is 108 cm³/mol. The number of piperidine rings is 1. The smallest absolute Gasteiger partial charge is 0.243 e. The molecule has 1 saturated heterocycles. The third-order valence-corrected chi connectivity index (χ3v) is 6.70. The Hall–Kier alpha value is -1.38. The summed E-state index contributed by atoms with van der Waals surface area (Å²) in [6, 6.07) is 5.26. The molecule has 1 aromatic carbocycles. The summed E-state index contributed by atoms with van der Waals surface area (Å²) in [7, 11) is -1.73. The van der Waals surface area contributed by atoms with Crippen molar-refractivity contribution in [3.8, 4) is 0 Å². The number of hydrogen-bond acceptors (Lipinski definition) is 4. The molecule has 0 radical (unpaired) electrons. The lowest BCUT2D eigenvalue weighted by Crippen LogP contribution is -2.35. The Morgan fingerprint density at radius 1 is 1.20 bits per heavy atom. The summed E-state index contributed by atoms with van der Waals surface area (Å²) in [5, 5.41) is 6.46. The van der Waals surface area contributed by atoms with Crippen LogP contribution in [0.1, 0.15) is 33.1 Å². The molecular formula is C17H28N4O2S2. The van der Waals surface area contributed by atoms with Gasteiger partial charge in [-0.15, -0.1) is 0 Å². The quantitative estimate of drug-likeness (QED) is 0.735. The van der Waals surface area contributed by atoms with Gasteiger partial charge in [0.1, 0.15) is 0 Å². The van der Waals surface area contributed by atoms with Crippen LogP contribution >= 0.6 is 12.2 Å². The highest BCUT2D eigenvalue weighted by Gasteiger charge is 2.27. The molecule has 0 amide bonds. The minimum absolute atomic E-state index is 0.312. The third kappa shape index (κ3) is 4.62. The highest BCUT2D eigenvalue weighted by atomic mass is 32.2. The van der Waals surface area contributed by atoms with Gasteiger partial charge in [0, 0.05) is 33.2 Å². The van der Waals surface area contributed by atoms with E-state index in [0.29, 0.717) is 28.8 Å². The first-order chi connectivity index (χ1) is 11.9. The molecule has 0 unspecified atom stereocenters. The van der Waals surface area contributed by atoms with Crippen LogP contribution in [0.5, 0.6) is 0 Å². The van der Waals surface area contributed by atoms with Crippen molar-refractivity contribution in [1.29, 1.82) is 0 Å². The van der Waals surface area contributed by atoms with E-state index in [0.717, 1.165) is 38.0 Å². The molecule has 6 nitrogen and oxygen atoms in total. The maximum atomic E-state index is 13.0. The van der Waals surface area contributed by atoms with Crippen molar-refractivity contribution in [1.82, 2.24) is 9.62 Å². The molecule has 0 aromatic heterocycles. The first kappa shape index (κ1) is 19.9. The van der Waals surface area contributed by atoms with Crippen molar-refractivity contribution in [2.75, 3.05) is 43.4 Å². The van der Waals surface area contributed by atoms with E-state index in [4.69, 9.17) is 12.2 Å². The Morgan fingerprint density at radius 2 is 1.84 bits per heavy atom. The zero-order chi connectivity index (χ0) is 18.4. The summed E-state index contributed by atoms with van der Waals surface area (Å²) in [4.78, 5) is 2.48. The molecule has 2 rings (SSSR count). The van der Waals surface area contributed by atoms with Crippen molar-refractivity contribution in [3.05, 3.63) is 18.2 Å². The highest BCUT2D eigenvalue weighted by molar-refractivity contribution is 7.89. The van der Waals surface area contributed by atoms with Crippen LogP contribution in [0.3, 0.4) is 0 Å². The van der Waals surface area contributed by atoms with Crippen LogP contribution in [-0.4, -0.2) is 51.1 Å². The summed E-state index contributed by atoms with van der Waals surface area (Å²) in [5.41, 5.74) is 1.65.